The zero-order chi connectivity index (χ0) is 15.8. The first-order valence-corrected chi connectivity index (χ1v) is 7.22. The smallest absolute Gasteiger partial charge is 0.227 e. The summed E-state index contributed by atoms with van der Waals surface area (Å²) in [7, 11) is 1.63. The van der Waals surface area contributed by atoms with Gasteiger partial charge in [-0.3, -0.25) is 0 Å². The first-order chi connectivity index (χ1) is 11.3. The molecule has 4 rings (SSSR count). The van der Waals surface area contributed by atoms with Gasteiger partial charge in [0.25, 0.3) is 0 Å². The third kappa shape index (κ3) is 2.31. The highest BCUT2D eigenvalue weighted by Gasteiger charge is 2.26. The summed E-state index contributed by atoms with van der Waals surface area (Å²) in [5.74, 6) is 1.99. The van der Waals surface area contributed by atoms with Crippen LogP contribution >= 0.6 is 0 Å². The van der Waals surface area contributed by atoms with Crippen molar-refractivity contribution in [1.29, 1.82) is 0 Å². The summed E-state index contributed by atoms with van der Waals surface area (Å²) < 4.78 is 10.7. The molecule has 0 saturated carbocycles. The van der Waals surface area contributed by atoms with Gasteiger partial charge >= 0.3 is 0 Å². The van der Waals surface area contributed by atoms with Crippen LogP contribution in [0.4, 0.5) is 0 Å². The van der Waals surface area contributed by atoms with Crippen LogP contribution in [0.5, 0.6) is 11.5 Å². The lowest BCUT2D eigenvalue weighted by Crippen LogP contribution is -2.15. The molecule has 1 atom stereocenters. The molecule has 0 aliphatic carbocycles. The van der Waals surface area contributed by atoms with Crippen molar-refractivity contribution in [2.75, 3.05) is 7.11 Å². The van der Waals surface area contributed by atoms with Gasteiger partial charge in [-0.15, -0.1) is 0 Å². The second kappa shape index (κ2) is 5.37. The Hall–Kier alpha value is -2.92. The largest absolute Gasteiger partial charge is 0.497 e. The van der Waals surface area contributed by atoms with Crippen LogP contribution in [0.3, 0.4) is 0 Å². The molecule has 0 amide bonds. The Labute approximate surface area is 133 Å². The van der Waals surface area contributed by atoms with Gasteiger partial charge < -0.3 is 14.6 Å². The Kier molecular flexibility index (Phi) is 3.20. The maximum Gasteiger partial charge on any atom is 0.227 e. The second-order valence-electron chi connectivity index (χ2n) is 5.19. The molecule has 2 aromatic carbocycles. The number of fused-ring (bicyclic) bond motifs is 3. The third-order valence-electron chi connectivity index (χ3n) is 3.81. The molecule has 0 bridgehead atoms. The summed E-state index contributed by atoms with van der Waals surface area (Å²) in [6.45, 7) is 0. The van der Waals surface area contributed by atoms with Crippen LogP contribution in [-0.4, -0.2) is 22.2 Å². The Morgan fingerprint density at radius 2 is 1.87 bits per heavy atom. The Balaban J connectivity index is 1.84. The van der Waals surface area contributed by atoms with E-state index >= 15 is 0 Å². The molecule has 114 valence electrons. The fourth-order valence-electron chi connectivity index (χ4n) is 2.62. The van der Waals surface area contributed by atoms with Crippen molar-refractivity contribution in [2.24, 2.45) is 0 Å². The van der Waals surface area contributed by atoms with Crippen molar-refractivity contribution in [2.45, 2.75) is 6.29 Å². The molecule has 1 N–H and O–H groups in total. The third-order valence-corrected chi connectivity index (χ3v) is 3.81. The molecule has 1 aromatic heterocycles. The quantitative estimate of drug-likeness (QED) is 0.787. The molecule has 23 heavy (non-hydrogen) atoms. The number of nitrogens with zero attached hydrogens (tertiary/aromatic N) is 2. The Morgan fingerprint density at radius 3 is 2.65 bits per heavy atom. The van der Waals surface area contributed by atoms with Crippen LogP contribution in [0.25, 0.3) is 22.6 Å². The van der Waals surface area contributed by atoms with Crippen LogP contribution < -0.4 is 9.47 Å². The molecule has 0 radical (unpaired) electrons. The second-order valence-corrected chi connectivity index (χ2v) is 5.19. The Bertz CT molecular complexity index is 862. The normalized spacial score (nSPS) is 15.3. The van der Waals surface area contributed by atoms with Gasteiger partial charge in [-0.1, -0.05) is 12.1 Å². The van der Waals surface area contributed by atoms with Gasteiger partial charge in [0, 0.05) is 17.3 Å². The minimum atomic E-state index is -1.05. The van der Waals surface area contributed by atoms with E-state index in [1.807, 2.05) is 48.5 Å². The van der Waals surface area contributed by atoms with Gasteiger partial charge in [-0.2, -0.15) is 0 Å². The molecule has 1 aliphatic heterocycles. The average Bonchev–Trinajstić information content (AvgIpc) is 2.61. The maximum absolute atomic E-state index is 10.1. The van der Waals surface area contributed by atoms with Gasteiger partial charge in [0.05, 0.1) is 18.4 Å². The predicted octanol–water partition coefficient (Wildman–Crippen LogP) is 3.20. The number of ether oxygens (including phenoxy) is 2. The van der Waals surface area contributed by atoms with E-state index < -0.39 is 6.29 Å². The molecule has 5 nitrogen and oxygen atoms in total. The molecule has 0 spiro atoms. The fourth-order valence-corrected chi connectivity index (χ4v) is 2.62. The molecule has 5 heteroatoms. The van der Waals surface area contributed by atoms with E-state index in [2.05, 4.69) is 9.97 Å². The van der Waals surface area contributed by atoms with Crippen molar-refractivity contribution >= 4 is 0 Å². The summed E-state index contributed by atoms with van der Waals surface area (Å²) in [5.41, 5.74) is 3.00. The van der Waals surface area contributed by atoms with Crippen molar-refractivity contribution in [3.8, 4) is 34.1 Å². The number of hydrogen-bond acceptors (Lipinski definition) is 5. The summed E-state index contributed by atoms with van der Waals surface area (Å²) in [5, 5.41) is 10.1. The molecular formula is C18H14N2O3. The number of aromatic nitrogens is 2. The maximum atomic E-state index is 10.1. The summed E-state index contributed by atoms with van der Waals surface area (Å²) >= 11 is 0. The van der Waals surface area contributed by atoms with Crippen LogP contribution in [0.2, 0.25) is 0 Å². The van der Waals surface area contributed by atoms with E-state index in [1.165, 1.54) is 0 Å². The summed E-state index contributed by atoms with van der Waals surface area (Å²) in [4.78, 5) is 8.99. The minimum Gasteiger partial charge on any atom is -0.497 e. The zero-order valence-corrected chi connectivity index (χ0v) is 12.4. The van der Waals surface area contributed by atoms with Gasteiger partial charge in [-0.05, 0) is 36.4 Å². The van der Waals surface area contributed by atoms with Crippen LogP contribution in [0, 0.1) is 0 Å². The minimum absolute atomic E-state index is 0.570. The van der Waals surface area contributed by atoms with E-state index in [0.29, 0.717) is 22.8 Å². The van der Waals surface area contributed by atoms with Crippen LogP contribution in [0.15, 0.2) is 54.7 Å². The number of aliphatic hydroxyl groups excluding tert-OH is 1. The fraction of sp³-hybridized carbons (Fsp3) is 0.111. The van der Waals surface area contributed by atoms with E-state index in [0.717, 1.165) is 16.9 Å². The SMILES string of the molecule is COc1ccc(-c2ncc3c(n2)-c2ccccc2OC3O)cc1. The number of para-hydroxylation sites is 1. The molecule has 3 aromatic rings. The molecule has 2 heterocycles. The van der Waals surface area contributed by atoms with Crippen LogP contribution in [0.1, 0.15) is 11.9 Å². The number of aliphatic hydroxyl groups is 1. The molecule has 0 saturated heterocycles. The molecule has 1 aliphatic rings. The zero-order valence-electron chi connectivity index (χ0n) is 12.4. The van der Waals surface area contributed by atoms with Gasteiger partial charge in [0.2, 0.25) is 6.29 Å². The van der Waals surface area contributed by atoms with E-state index in [1.54, 1.807) is 13.3 Å². The number of methoxy groups -OCH3 is 1. The van der Waals surface area contributed by atoms with E-state index in [4.69, 9.17) is 9.47 Å². The summed E-state index contributed by atoms with van der Waals surface area (Å²) in [6.07, 6.45) is 0.563. The van der Waals surface area contributed by atoms with Crippen molar-refractivity contribution in [3.05, 3.63) is 60.3 Å². The topological polar surface area (TPSA) is 64.5 Å². The standard InChI is InChI=1S/C18H14N2O3/c1-22-12-8-6-11(7-9-12)17-19-10-14-16(20-17)13-4-2-3-5-15(13)23-18(14)21/h2-10,18,21H,1H3. The van der Waals surface area contributed by atoms with Crippen molar-refractivity contribution in [3.63, 3.8) is 0 Å². The molecule has 1 unspecified atom stereocenters. The Morgan fingerprint density at radius 1 is 1.09 bits per heavy atom. The van der Waals surface area contributed by atoms with Crippen LogP contribution in [-0.2, 0) is 0 Å². The molecule has 0 fully saturated rings. The highest BCUT2D eigenvalue weighted by Crippen LogP contribution is 2.40. The number of rotatable bonds is 2. The summed E-state index contributed by atoms with van der Waals surface area (Å²) in [6, 6.07) is 15.1. The molecular weight excluding hydrogens is 292 g/mol. The highest BCUT2D eigenvalue weighted by molar-refractivity contribution is 5.73. The monoisotopic (exact) mass is 306 g/mol. The first-order valence-electron chi connectivity index (χ1n) is 7.22. The first kappa shape index (κ1) is 13.7. The number of hydrogen-bond donors (Lipinski definition) is 1. The van der Waals surface area contributed by atoms with Gasteiger partial charge in [0.15, 0.2) is 5.82 Å². The number of benzene rings is 2. The van der Waals surface area contributed by atoms with E-state index in [9.17, 15) is 5.11 Å². The predicted molar refractivity (Wildman–Crippen MR) is 85.0 cm³/mol. The van der Waals surface area contributed by atoms with Crippen molar-refractivity contribution in [1.82, 2.24) is 9.97 Å². The lowest BCUT2D eigenvalue weighted by atomic mass is 10.0. The lowest BCUT2D eigenvalue weighted by molar-refractivity contribution is -0.0218. The highest BCUT2D eigenvalue weighted by atomic mass is 16.6. The van der Waals surface area contributed by atoms with Crippen molar-refractivity contribution < 1.29 is 14.6 Å². The lowest BCUT2D eigenvalue weighted by Gasteiger charge is -2.24. The van der Waals surface area contributed by atoms with E-state index in [-0.39, 0.29) is 0 Å². The van der Waals surface area contributed by atoms with Gasteiger partial charge in [0.1, 0.15) is 11.5 Å². The van der Waals surface area contributed by atoms with Gasteiger partial charge in [-0.25, -0.2) is 9.97 Å². The average molecular weight is 306 g/mol.